The summed E-state index contributed by atoms with van der Waals surface area (Å²) < 4.78 is 57.8. The van der Waals surface area contributed by atoms with E-state index in [4.69, 9.17) is 16.3 Å². The number of esters is 2. The summed E-state index contributed by atoms with van der Waals surface area (Å²) >= 11 is 5.56. The van der Waals surface area contributed by atoms with Crippen molar-refractivity contribution in [2.75, 3.05) is 19.1 Å². The van der Waals surface area contributed by atoms with Gasteiger partial charge < -0.3 is 9.47 Å². The van der Waals surface area contributed by atoms with E-state index >= 15 is 0 Å². The van der Waals surface area contributed by atoms with Crippen molar-refractivity contribution in [3.63, 3.8) is 0 Å². The van der Waals surface area contributed by atoms with Gasteiger partial charge in [0.2, 0.25) is 0 Å². The molecule has 0 bridgehead atoms. The molecular formula is C16H25ClF4O4. The van der Waals surface area contributed by atoms with Crippen LogP contribution in [0.4, 0.5) is 17.6 Å². The van der Waals surface area contributed by atoms with Crippen molar-refractivity contribution in [1.82, 2.24) is 0 Å². The van der Waals surface area contributed by atoms with Gasteiger partial charge >= 0.3 is 24.3 Å². The quantitative estimate of drug-likeness (QED) is 0.175. The van der Waals surface area contributed by atoms with Gasteiger partial charge in [-0.1, -0.05) is 25.7 Å². The number of carbonyl (C=O) groups excluding carboxylic acids is 2. The number of unbranched alkanes of at least 4 members (excludes halogenated alkanes) is 5. The van der Waals surface area contributed by atoms with Gasteiger partial charge in [-0.2, -0.15) is 8.78 Å². The fraction of sp³-hybridized carbons (Fsp3) is 0.875. The monoisotopic (exact) mass is 392 g/mol. The maximum absolute atomic E-state index is 12.5. The highest BCUT2D eigenvalue weighted by atomic mass is 35.5. The molecule has 0 saturated heterocycles. The predicted octanol–water partition coefficient (Wildman–Crippen LogP) is 4.72. The third kappa shape index (κ3) is 13.9. The van der Waals surface area contributed by atoms with E-state index in [9.17, 15) is 27.2 Å². The second-order valence-electron chi connectivity index (χ2n) is 5.61. The summed E-state index contributed by atoms with van der Waals surface area (Å²) in [4.78, 5) is 22.5. The number of alkyl halides is 5. The average Bonchev–Trinajstić information content (AvgIpc) is 2.55. The lowest BCUT2D eigenvalue weighted by Gasteiger charge is -2.14. The van der Waals surface area contributed by atoms with Crippen molar-refractivity contribution >= 4 is 23.5 Å². The molecule has 0 aromatic rings. The van der Waals surface area contributed by atoms with Crippen molar-refractivity contribution in [2.45, 2.75) is 70.1 Å². The van der Waals surface area contributed by atoms with Gasteiger partial charge in [0.1, 0.15) is 0 Å². The summed E-state index contributed by atoms with van der Waals surface area (Å²) in [6.07, 6.45) is 1.70. The van der Waals surface area contributed by atoms with Crippen LogP contribution >= 0.6 is 11.6 Å². The lowest BCUT2D eigenvalue weighted by atomic mass is 10.1. The van der Waals surface area contributed by atoms with Crippen LogP contribution in [0.2, 0.25) is 0 Å². The van der Waals surface area contributed by atoms with Gasteiger partial charge in [0.15, 0.2) is 6.61 Å². The Morgan fingerprint density at radius 2 is 1.36 bits per heavy atom. The highest BCUT2D eigenvalue weighted by Gasteiger charge is 2.42. The van der Waals surface area contributed by atoms with Crippen LogP contribution in [-0.4, -0.2) is 43.4 Å². The van der Waals surface area contributed by atoms with E-state index in [1.807, 2.05) is 0 Å². The number of hydrogen-bond acceptors (Lipinski definition) is 4. The number of hydrogen-bond donors (Lipinski definition) is 0. The molecule has 0 rings (SSSR count). The Labute approximate surface area is 150 Å². The summed E-state index contributed by atoms with van der Waals surface area (Å²) in [5, 5.41) is 0. The maximum Gasteiger partial charge on any atom is 0.340 e. The summed E-state index contributed by atoms with van der Waals surface area (Å²) in [7, 11) is 0. The average molecular weight is 393 g/mol. The highest BCUT2D eigenvalue weighted by Crippen LogP contribution is 2.23. The van der Waals surface area contributed by atoms with Crippen LogP contribution in [0.25, 0.3) is 0 Å². The van der Waals surface area contributed by atoms with E-state index in [2.05, 4.69) is 4.74 Å². The third-order valence-electron chi connectivity index (χ3n) is 3.30. The first-order valence-corrected chi connectivity index (χ1v) is 8.86. The van der Waals surface area contributed by atoms with Crippen LogP contribution in [0.15, 0.2) is 0 Å². The minimum absolute atomic E-state index is 0.0519. The number of rotatable bonds is 15. The molecule has 0 aliphatic rings. The molecule has 0 aliphatic carbocycles. The first kappa shape index (κ1) is 23.9. The first-order chi connectivity index (χ1) is 11.8. The zero-order valence-electron chi connectivity index (χ0n) is 14.1. The SMILES string of the molecule is O=C(CCCC(=O)OCC(F)(F)C(F)F)OCCCCCCCCCl. The molecule has 0 fully saturated rings. The summed E-state index contributed by atoms with van der Waals surface area (Å²) in [6, 6.07) is 0. The summed E-state index contributed by atoms with van der Waals surface area (Å²) in [5.41, 5.74) is 0. The first-order valence-electron chi connectivity index (χ1n) is 8.32. The Morgan fingerprint density at radius 1 is 0.840 bits per heavy atom. The molecule has 9 heteroatoms. The van der Waals surface area contributed by atoms with Crippen LogP contribution in [0.3, 0.4) is 0 Å². The molecule has 0 unspecified atom stereocenters. The smallest absolute Gasteiger partial charge is 0.340 e. The molecule has 25 heavy (non-hydrogen) atoms. The van der Waals surface area contributed by atoms with Crippen LogP contribution in [0.5, 0.6) is 0 Å². The van der Waals surface area contributed by atoms with E-state index < -0.39 is 30.9 Å². The van der Waals surface area contributed by atoms with Crippen LogP contribution in [-0.2, 0) is 19.1 Å². The van der Waals surface area contributed by atoms with E-state index in [-0.39, 0.29) is 19.3 Å². The van der Waals surface area contributed by atoms with Gasteiger partial charge in [-0.15, -0.1) is 11.6 Å². The molecule has 0 amide bonds. The minimum Gasteiger partial charge on any atom is -0.466 e. The molecule has 0 heterocycles. The van der Waals surface area contributed by atoms with Gasteiger partial charge in [-0.25, -0.2) is 8.78 Å². The number of ether oxygens (including phenoxy) is 2. The molecular weight excluding hydrogens is 368 g/mol. The molecule has 0 saturated carbocycles. The van der Waals surface area contributed by atoms with Crippen molar-refractivity contribution in [1.29, 1.82) is 0 Å². The Kier molecular flexibility index (Phi) is 13.6. The molecule has 0 aromatic carbocycles. The molecule has 0 spiro atoms. The summed E-state index contributed by atoms with van der Waals surface area (Å²) in [6.45, 7) is -1.38. The Bertz CT molecular complexity index is 381. The largest absolute Gasteiger partial charge is 0.466 e. The van der Waals surface area contributed by atoms with Gasteiger partial charge in [0.05, 0.1) is 6.61 Å². The minimum atomic E-state index is -4.36. The van der Waals surface area contributed by atoms with Gasteiger partial charge in [0, 0.05) is 18.7 Å². The van der Waals surface area contributed by atoms with Gasteiger partial charge in [0.25, 0.3) is 0 Å². The molecule has 4 nitrogen and oxygen atoms in total. The zero-order valence-corrected chi connectivity index (χ0v) is 14.8. The molecule has 148 valence electrons. The lowest BCUT2D eigenvalue weighted by Crippen LogP contribution is -2.33. The highest BCUT2D eigenvalue weighted by molar-refractivity contribution is 6.17. The Balaban J connectivity index is 3.55. The second-order valence-corrected chi connectivity index (χ2v) is 5.98. The molecule has 0 radical (unpaired) electrons. The Morgan fingerprint density at radius 3 is 1.92 bits per heavy atom. The van der Waals surface area contributed by atoms with Crippen LogP contribution < -0.4 is 0 Å². The van der Waals surface area contributed by atoms with E-state index in [1.54, 1.807) is 0 Å². The Hall–Kier alpha value is -1.05. The van der Waals surface area contributed by atoms with E-state index in [0.717, 1.165) is 38.5 Å². The topological polar surface area (TPSA) is 52.6 Å². The second kappa shape index (κ2) is 14.2. The normalized spacial score (nSPS) is 11.6. The van der Waals surface area contributed by atoms with E-state index in [1.165, 1.54) is 0 Å². The third-order valence-corrected chi connectivity index (χ3v) is 3.56. The van der Waals surface area contributed by atoms with Gasteiger partial charge in [-0.05, 0) is 19.3 Å². The lowest BCUT2D eigenvalue weighted by molar-refractivity contribution is -0.179. The fourth-order valence-electron chi connectivity index (χ4n) is 1.85. The standard InChI is InChI=1S/C16H25ClF4O4/c17-10-5-3-1-2-4-6-11-24-13(22)8-7-9-14(23)25-12-16(20,21)15(18)19/h15H,1-12H2. The predicted molar refractivity (Wildman–Crippen MR) is 85.1 cm³/mol. The molecule has 0 atom stereocenters. The molecule has 0 aromatic heterocycles. The van der Waals surface area contributed by atoms with Crippen LogP contribution in [0, 0.1) is 0 Å². The number of carbonyl (C=O) groups is 2. The summed E-state index contributed by atoms with van der Waals surface area (Å²) in [5.74, 6) is -5.24. The number of halogens is 5. The maximum atomic E-state index is 12.5. The van der Waals surface area contributed by atoms with Crippen molar-refractivity contribution in [3.8, 4) is 0 Å². The van der Waals surface area contributed by atoms with E-state index in [0.29, 0.717) is 12.5 Å². The fourth-order valence-corrected chi connectivity index (χ4v) is 2.04. The van der Waals surface area contributed by atoms with Crippen molar-refractivity contribution in [2.24, 2.45) is 0 Å². The molecule has 0 aliphatic heterocycles. The zero-order chi connectivity index (χ0) is 19.1. The van der Waals surface area contributed by atoms with Crippen molar-refractivity contribution < 1.29 is 36.6 Å². The van der Waals surface area contributed by atoms with Crippen LogP contribution in [0.1, 0.15) is 57.8 Å². The molecule has 0 N–H and O–H groups in total. The van der Waals surface area contributed by atoms with Crippen molar-refractivity contribution in [3.05, 3.63) is 0 Å². The van der Waals surface area contributed by atoms with Gasteiger partial charge in [-0.3, -0.25) is 9.59 Å².